The van der Waals surface area contributed by atoms with Crippen molar-refractivity contribution >= 4 is 59.4 Å². The van der Waals surface area contributed by atoms with Gasteiger partial charge in [0.25, 0.3) is 0 Å². The van der Waals surface area contributed by atoms with Gasteiger partial charge in [-0.3, -0.25) is 0 Å². The molecule has 310 valence electrons. The van der Waals surface area contributed by atoms with Gasteiger partial charge in [-0.1, -0.05) is 170 Å². The van der Waals surface area contributed by atoms with Gasteiger partial charge in [0.1, 0.15) is 11.5 Å². The van der Waals surface area contributed by atoms with Gasteiger partial charge in [-0.25, -0.2) is 0 Å². The summed E-state index contributed by atoms with van der Waals surface area (Å²) in [5, 5.41) is 10.3. The molecule has 0 bridgehead atoms. The quantitative estimate of drug-likeness (QED) is 0.161. The van der Waals surface area contributed by atoms with Crippen molar-refractivity contribution in [1.29, 1.82) is 0 Å². The van der Waals surface area contributed by atoms with Crippen molar-refractivity contribution in [3.8, 4) is 44.9 Å². The number of hydrogen-bond donors (Lipinski definition) is 0. The van der Waals surface area contributed by atoms with Gasteiger partial charge < -0.3 is 9.05 Å². The predicted octanol–water partition coefficient (Wildman–Crippen LogP) is 17.5. The van der Waals surface area contributed by atoms with Crippen LogP contribution in [0.3, 0.4) is 0 Å². The second-order valence-electron chi connectivity index (χ2n) is 17.9. The molecule has 2 aliphatic heterocycles. The van der Waals surface area contributed by atoms with E-state index in [-0.39, 0.29) is 0 Å². The Kier molecular flexibility index (Phi) is 9.67. The van der Waals surface area contributed by atoms with Crippen LogP contribution in [-0.2, 0) is 24.6 Å². The maximum absolute atomic E-state index is 7.62. The van der Waals surface area contributed by atoms with Crippen molar-refractivity contribution in [2.75, 3.05) is 0 Å². The Balaban J connectivity index is 0.978. The average Bonchev–Trinajstić information content (AvgIpc) is 3.60. The summed E-state index contributed by atoms with van der Waals surface area (Å²) in [6.45, 7) is 8.93. The van der Waals surface area contributed by atoms with Gasteiger partial charge in [0.05, 0.1) is 16.3 Å². The van der Waals surface area contributed by atoms with Crippen molar-refractivity contribution in [3.05, 3.63) is 214 Å². The molecule has 10 aromatic carbocycles. The molecule has 0 unspecified atom stereocenters. The zero-order chi connectivity index (χ0) is 43.1. The van der Waals surface area contributed by atoms with E-state index in [0.29, 0.717) is 0 Å². The summed E-state index contributed by atoms with van der Waals surface area (Å²) in [5.74, 6) is 1.97. The number of fused-ring (bicyclic) bond motifs is 14. The van der Waals surface area contributed by atoms with E-state index in [9.17, 15) is 0 Å². The molecule has 0 saturated carbocycles. The lowest BCUT2D eigenvalue weighted by molar-refractivity contribution is 0.596. The molecule has 64 heavy (non-hydrogen) atoms. The molecule has 0 aliphatic carbocycles. The van der Waals surface area contributed by atoms with Crippen LogP contribution < -0.4 is 9.05 Å². The molecule has 2 heterocycles. The Labute approximate surface area is 378 Å². The lowest BCUT2D eigenvalue weighted by Gasteiger charge is -2.27. The highest BCUT2D eigenvalue weighted by molar-refractivity contribution is 7.51. The summed E-state index contributed by atoms with van der Waals surface area (Å²) in [6.07, 6.45) is 3.48. The Bertz CT molecular complexity index is 3120. The van der Waals surface area contributed by atoms with Crippen LogP contribution in [0.25, 0.3) is 76.5 Å². The standard InChI is InChI=1S/C60H48O2P2/c1-37-21-23-39(3)59(61-63-33-45-29-25-41-13-5-9-17-49(41)55(45)56-46(34-63)30-26-42-14-6-10-18-50(42)56)53(37)54-38(2)22-24-40(4)60(54)62-64-35-47-31-27-43-15-7-11-19-51(43)57(47)58-48(36-64)32-28-44-16-8-12-20-52(44)58/h5-32H,33-36H2,1-4H3. The van der Waals surface area contributed by atoms with Gasteiger partial charge in [0.15, 0.2) is 0 Å². The predicted molar refractivity (Wildman–Crippen MR) is 275 cm³/mol. The zero-order valence-electron chi connectivity index (χ0n) is 36.7. The van der Waals surface area contributed by atoms with Crippen LogP contribution in [0.1, 0.15) is 44.5 Å². The van der Waals surface area contributed by atoms with Gasteiger partial charge in [-0.05, 0) is 138 Å². The first-order chi connectivity index (χ1) is 31.4. The van der Waals surface area contributed by atoms with E-state index in [1.807, 2.05) is 0 Å². The molecule has 0 spiro atoms. The van der Waals surface area contributed by atoms with Crippen LogP contribution in [0.2, 0.25) is 0 Å². The molecule has 0 atom stereocenters. The summed E-state index contributed by atoms with van der Waals surface area (Å²) in [7, 11) is -1.93. The maximum atomic E-state index is 7.62. The first kappa shape index (κ1) is 39.3. The first-order valence-corrected chi connectivity index (χ1v) is 25.7. The van der Waals surface area contributed by atoms with Gasteiger partial charge in [-0.15, -0.1) is 0 Å². The monoisotopic (exact) mass is 862 g/mol. The van der Waals surface area contributed by atoms with Crippen LogP contribution in [0.15, 0.2) is 170 Å². The highest BCUT2D eigenvalue weighted by atomic mass is 31.1. The Morgan fingerprint density at radius 2 is 0.547 bits per heavy atom. The summed E-state index contributed by atoms with van der Waals surface area (Å²) in [4.78, 5) is 0. The van der Waals surface area contributed by atoms with Crippen molar-refractivity contribution in [2.24, 2.45) is 0 Å². The summed E-state index contributed by atoms with van der Waals surface area (Å²) >= 11 is 0. The van der Waals surface area contributed by atoms with E-state index in [1.54, 1.807) is 0 Å². The van der Waals surface area contributed by atoms with E-state index in [2.05, 4.69) is 198 Å². The minimum atomic E-state index is -0.965. The molecule has 0 amide bonds. The van der Waals surface area contributed by atoms with Crippen LogP contribution in [0.5, 0.6) is 11.5 Å². The number of benzene rings is 10. The zero-order valence-corrected chi connectivity index (χ0v) is 38.5. The van der Waals surface area contributed by atoms with E-state index < -0.39 is 16.3 Å². The van der Waals surface area contributed by atoms with Crippen molar-refractivity contribution in [1.82, 2.24) is 0 Å². The molecular formula is C60H48O2P2. The van der Waals surface area contributed by atoms with E-state index in [0.717, 1.165) is 58.4 Å². The number of rotatable bonds is 5. The van der Waals surface area contributed by atoms with Crippen molar-refractivity contribution < 1.29 is 9.05 Å². The molecule has 4 heteroatoms. The normalized spacial score (nSPS) is 13.9. The molecule has 10 aromatic rings. The number of aryl methyl sites for hydroxylation is 4. The second-order valence-corrected chi connectivity index (χ2v) is 21.4. The molecule has 12 rings (SSSR count). The molecule has 0 fully saturated rings. The summed E-state index contributed by atoms with van der Waals surface area (Å²) in [5.41, 5.74) is 17.9. The molecule has 0 radical (unpaired) electrons. The van der Waals surface area contributed by atoms with Crippen LogP contribution >= 0.6 is 16.3 Å². The van der Waals surface area contributed by atoms with E-state index in [1.165, 1.54) is 98.7 Å². The van der Waals surface area contributed by atoms with E-state index >= 15 is 0 Å². The third-order valence-electron chi connectivity index (χ3n) is 13.8. The van der Waals surface area contributed by atoms with Gasteiger partial charge in [0.2, 0.25) is 0 Å². The largest absolute Gasteiger partial charge is 0.472 e. The molecule has 0 aromatic heterocycles. The fourth-order valence-electron chi connectivity index (χ4n) is 10.7. The van der Waals surface area contributed by atoms with Crippen LogP contribution in [0, 0.1) is 27.7 Å². The fraction of sp³-hybridized carbons (Fsp3) is 0.133. The third kappa shape index (κ3) is 6.53. The summed E-state index contributed by atoms with van der Waals surface area (Å²) < 4.78 is 15.2. The fourth-order valence-corrected chi connectivity index (χ4v) is 14.7. The van der Waals surface area contributed by atoms with Crippen LogP contribution in [0.4, 0.5) is 0 Å². The molecule has 2 nitrogen and oxygen atoms in total. The Morgan fingerprint density at radius 1 is 0.281 bits per heavy atom. The van der Waals surface area contributed by atoms with Crippen LogP contribution in [-0.4, -0.2) is 0 Å². The minimum absolute atomic E-state index is 0.870. The average molecular weight is 863 g/mol. The highest BCUT2D eigenvalue weighted by Gasteiger charge is 2.31. The molecule has 2 aliphatic rings. The molecular weight excluding hydrogens is 815 g/mol. The van der Waals surface area contributed by atoms with Crippen molar-refractivity contribution in [3.63, 3.8) is 0 Å². The van der Waals surface area contributed by atoms with E-state index in [4.69, 9.17) is 9.05 Å². The molecule has 0 saturated heterocycles. The molecule has 0 N–H and O–H groups in total. The second kappa shape index (κ2) is 15.7. The Morgan fingerprint density at radius 3 is 0.844 bits per heavy atom. The summed E-state index contributed by atoms with van der Waals surface area (Å²) in [6, 6.07) is 63.2. The SMILES string of the molecule is Cc1ccc(C)c(-c2c(C)ccc(C)c2OP2Cc3ccc4ccccc4c3-c3c(ccc4ccccc34)C2)c1OP1Cc2ccc3ccccc3c2-c2c(ccc3ccccc23)C1. The topological polar surface area (TPSA) is 18.5 Å². The minimum Gasteiger partial charge on any atom is -0.472 e. The van der Waals surface area contributed by atoms with Gasteiger partial charge >= 0.3 is 0 Å². The highest BCUT2D eigenvalue weighted by Crippen LogP contribution is 2.59. The lowest BCUT2D eigenvalue weighted by atomic mass is 9.88. The maximum Gasteiger partial charge on any atom is 0.134 e. The number of hydrogen-bond acceptors (Lipinski definition) is 2. The van der Waals surface area contributed by atoms with Gasteiger partial charge in [-0.2, -0.15) is 0 Å². The Hall–Kier alpha value is -6.30. The van der Waals surface area contributed by atoms with Crippen molar-refractivity contribution in [2.45, 2.75) is 52.3 Å². The first-order valence-electron chi connectivity index (χ1n) is 22.5. The smallest absolute Gasteiger partial charge is 0.134 e. The van der Waals surface area contributed by atoms with Gasteiger partial charge in [0, 0.05) is 35.8 Å². The lowest BCUT2D eigenvalue weighted by Crippen LogP contribution is -2.03. The third-order valence-corrected chi connectivity index (χ3v) is 17.4.